The second kappa shape index (κ2) is 10.6. The van der Waals surface area contributed by atoms with Gasteiger partial charge in [0.05, 0.1) is 0 Å². The Morgan fingerprint density at radius 2 is 1.89 bits per heavy atom. The average Bonchev–Trinajstić information content (AvgIpc) is 2.42. The normalized spacial score (nSPS) is 15.8. The van der Waals surface area contributed by atoms with Gasteiger partial charge in [0.15, 0.2) is 0 Å². The highest BCUT2D eigenvalue weighted by atomic mass is 127. The molecule has 0 fully saturated rings. The van der Waals surface area contributed by atoms with Crippen molar-refractivity contribution in [1.82, 2.24) is 0 Å². The molecule has 0 aromatic heterocycles. The first-order chi connectivity index (χ1) is 8.81. The van der Waals surface area contributed by atoms with Gasteiger partial charge in [-0.3, -0.25) is 0 Å². The summed E-state index contributed by atoms with van der Waals surface area (Å²) in [6, 6.07) is 10.4. The molecule has 1 unspecified atom stereocenters. The van der Waals surface area contributed by atoms with Crippen molar-refractivity contribution < 1.29 is 0 Å². The number of hydrogen-bond acceptors (Lipinski definition) is 0. The van der Waals surface area contributed by atoms with Crippen molar-refractivity contribution >= 4 is 29.5 Å². The predicted octanol–water partition coefficient (Wildman–Crippen LogP) is 5.60. The molecule has 1 aromatic rings. The summed E-state index contributed by atoms with van der Waals surface area (Å²) in [5, 5.41) is 0. The van der Waals surface area contributed by atoms with Gasteiger partial charge in [0.1, 0.15) is 0 Å². The Kier molecular flexibility index (Phi) is 9.87. The third kappa shape index (κ3) is 6.42. The number of hydrogen-bond donors (Lipinski definition) is 0. The summed E-state index contributed by atoms with van der Waals surface area (Å²) in [6.07, 6.45) is 12.3. The fourth-order valence-corrected chi connectivity index (χ4v) is 1.70. The summed E-state index contributed by atoms with van der Waals surface area (Å²) in [6.45, 7) is 8.79. The second-order valence-corrected chi connectivity index (χ2v) is 3.96. The molecule has 0 spiro atoms. The topological polar surface area (TPSA) is 0 Å². The molecule has 1 aliphatic carbocycles. The van der Waals surface area contributed by atoms with Crippen LogP contribution in [0.2, 0.25) is 0 Å². The summed E-state index contributed by atoms with van der Waals surface area (Å²) in [5.74, 6) is 0.343. The lowest BCUT2D eigenvalue weighted by molar-refractivity contribution is 0.804. The average molecular weight is 363 g/mol. The first-order valence-corrected chi connectivity index (χ1v) is 6.10. The molecule has 19 heavy (non-hydrogen) atoms. The monoisotopic (exact) mass is 363 g/mol. The predicted molar refractivity (Wildman–Crippen MR) is 95.3 cm³/mol. The molecule has 99 valence electrons. The maximum absolute atomic E-state index is 3.54. The van der Waals surface area contributed by atoms with Gasteiger partial charge in [0.2, 0.25) is 0 Å². The largest absolute Gasteiger partial charge is 0.124 e. The Bertz CT molecular complexity index is 474. The third-order valence-corrected chi connectivity index (χ3v) is 2.49. The van der Waals surface area contributed by atoms with E-state index in [0.29, 0.717) is 5.92 Å². The van der Waals surface area contributed by atoms with Crippen LogP contribution in [-0.4, -0.2) is 0 Å². The minimum atomic E-state index is 0. The molecule has 0 saturated heterocycles. The van der Waals surface area contributed by atoms with Crippen LogP contribution in [0, 0.1) is 12.0 Å². The Hall–Kier alpha value is -1.31. The zero-order valence-electron chi connectivity index (χ0n) is 11.3. The molecule has 2 rings (SSSR count). The van der Waals surface area contributed by atoms with Crippen LogP contribution in [0.15, 0.2) is 73.5 Å². The quantitative estimate of drug-likeness (QED) is 0.364. The molecule has 0 saturated carbocycles. The summed E-state index contributed by atoms with van der Waals surface area (Å²) >= 11 is 0. The van der Waals surface area contributed by atoms with Crippen LogP contribution in [0.4, 0.5) is 0 Å². The van der Waals surface area contributed by atoms with Crippen molar-refractivity contribution in [2.75, 3.05) is 0 Å². The van der Waals surface area contributed by atoms with Crippen molar-refractivity contribution in [3.63, 3.8) is 0 Å². The van der Waals surface area contributed by atoms with E-state index in [0.717, 1.165) is 6.42 Å². The molecule has 1 aliphatic rings. The number of allylic oxidation sites excluding steroid dienone is 6. The zero-order chi connectivity index (χ0) is 13.2. The SMILES string of the molecule is C=C=[C]C1C=CC(c2ccccc2)=CC1.C=CC.I. The maximum Gasteiger partial charge on any atom is 0.0138 e. The van der Waals surface area contributed by atoms with E-state index < -0.39 is 0 Å². The van der Waals surface area contributed by atoms with E-state index in [1.807, 2.05) is 13.0 Å². The van der Waals surface area contributed by atoms with Crippen molar-refractivity contribution in [3.8, 4) is 0 Å². The van der Waals surface area contributed by atoms with E-state index in [2.05, 4.69) is 67.5 Å². The van der Waals surface area contributed by atoms with Gasteiger partial charge in [0, 0.05) is 12.0 Å². The Balaban J connectivity index is 0.000000742. The number of benzene rings is 1. The fourth-order valence-electron chi connectivity index (χ4n) is 1.70. The molecule has 0 N–H and O–H groups in total. The molecule has 1 aromatic carbocycles. The molecular weight excluding hydrogens is 343 g/mol. The van der Waals surface area contributed by atoms with Crippen molar-refractivity contribution in [1.29, 1.82) is 0 Å². The van der Waals surface area contributed by atoms with Gasteiger partial charge in [-0.1, -0.05) is 61.2 Å². The number of rotatable bonds is 2. The summed E-state index contributed by atoms with van der Waals surface area (Å²) in [7, 11) is 0. The van der Waals surface area contributed by atoms with E-state index in [9.17, 15) is 0 Å². The van der Waals surface area contributed by atoms with Crippen LogP contribution in [-0.2, 0) is 0 Å². The molecule has 0 bridgehead atoms. The van der Waals surface area contributed by atoms with Gasteiger partial charge in [-0.25, -0.2) is 0 Å². The van der Waals surface area contributed by atoms with E-state index in [1.165, 1.54) is 11.1 Å². The van der Waals surface area contributed by atoms with Gasteiger partial charge < -0.3 is 0 Å². The first-order valence-electron chi connectivity index (χ1n) is 6.10. The van der Waals surface area contributed by atoms with E-state index >= 15 is 0 Å². The molecule has 0 nitrogen and oxygen atoms in total. The smallest absolute Gasteiger partial charge is 0.0138 e. The summed E-state index contributed by atoms with van der Waals surface area (Å²) < 4.78 is 0. The zero-order valence-corrected chi connectivity index (χ0v) is 13.6. The minimum Gasteiger partial charge on any atom is -0.124 e. The lowest BCUT2D eigenvalue weighted by Gasteiger charge is -2.11. The van der Waals surface area contributed by atoms with Crippen molar-refractivity contribution in [2.24, 2.45) is 5.92 Å². The van der Waals surface area contributed by atoms with Gasteiger partial charge in [0.25, 0.3) is 0 Å². The van der Waals surface area contributed by atoms with Gasteiger partial charge in [-0.05, 0) is 24.5 Å². The maximum atomic E-state index is 3.54. The van der Waals surface area contributed by atoms with E-state index in [1.54, 1.807) is 6.08 Å². The van der Waals surface area contributed by atoms with Crippen LogP contribution in [0.5, 0.6) is 0 Å². The highest BCUT2D eigenvalue weighted by molar-refractivity contribution is 14.0. The standard InChI is InChI=1S/C15H13.C3H6.HI/c1-2-6-13-9-11-15(12-10-13)14-7-4-3-5-8-14;1-3-2;/h3-5,7-9,11-13H,1,10H2;3H,1H2,2H3;1H. The summed E-state index contributed by atoms with van der Waals surface area (Å²) in [4.78, 5) is 0. The van der Waals surface area contributed by atoms with Crippen LogP contribution in [0.1, 0.15) is 18.9 Å². The van der Waals surface area contributed by atoms with E-state index in [-0.39, 0.29) is 24.0 Å². The Labute approximate surface area is 134 Å². The van der Waals surface area contributed by atoms with Gasteiger partial charge in [-0.15, -0.1) is 36.3 Å². The molecule has 0 aliphatic heterocycles. The molecule has 1 heteroatoms. The highest BCUT2D eigenvalue weighted by Crippen LogP contribution is 2.23. The van der Waals surface area contributed by atoms with Gasteiger partial charge in [-0.2, -0.15) is 0 Å². The lowest BCUT2D eigenvalue weighted by Crippen LogP contribution is -1.96. The van der Waals surface area contributed by atoms with Crippen molar-refractivity contribution in [2.45, 2.75) is 13.3 Å². The summed E-state index contributed by atoms with van der Waals surface area (Å²) in [5.41, 5.74) is 5.27. The fraction of sp³-hybridized carbons (Fsp3) is 0.167. The lowest BCUT2D eigenvalue weighted by atomic mass is 9.93. The van der Waals surface area contributed by atoms with Crippen LogP contribution >= 0.6 is 24.0 Å². The Morgan fingerprint density at radius 3 is 2.37 bits per heavy atom. The third-order valence-electron chi connectivity index (χ3n) is 2.49. The first kappa shape index (κ1) is 17.7. The van der Waals surface area contributed by atoms with Crippen LogP contribution in [0.3, 0.4) is 0 Å². The Morgan fingerprint density at radius 1 is 1.26 bits per heavy atom. The highest BCUT2D eigenvalue weighted by Gasteiger charge is 2.06. The van der Waals surface area contributed by atoms with E-state index in [4.69, 9.17) is 0 Å². The molecule has 0 amide bonds. The minimum absolute atomic E-state index is 0. The van der Waals surface area contributed by atoms with Crippen molar-refractivity contribution in [3.05, 3.63) is 85.2 Å². The molecule has 1 atom stereocenters. The number of halogens is 1. The van der Waals surface area contributed by atoms with Gasteiger partial charge >= 0.3 is 0 Å². The molecular formula is C18H20I. The molecule has 0 heterocycles. The molecule has 1 radical (unpaired) electrons. The van der Waals surface area contributed by atoms with Crippen LogP contribution in [0.25, 0.3) is 5.57 Å². The van der Waals surface area contributed by atoms with Crippen LogP contribution < -0.4 is 0 Å². The second-order valence-electron chi connectivity index (χ2n) is 3.96.